The van der Waals surface area contributed by atoms with Crippen LogP contribution in [0.4, 0.5) is 5.13 Å². The van der Waals surface area contributed by atoms with Gasteiger partial charge in [0.1, 0.15) is 5.76 Å². The molecule has 0 aliphatic heterocycles. The highest BCUT2D eigenvalue weighted by atomic mass is 32.1. The van der Waals surface area contributed by atoms with Gasteiger partial charge in [0.15, 0.2) is 5.13 Å². The summed E-state index contributed by atoms with van der Waals surface area (Å²) >= 11 is 1.56. The monoisotopic (exact) mass is 376 g/mol. The molecule has 0 aliphatic carbocycles. The molecular weight excluding hydrogens is 356 g/mol. The molecule has 0 spiro atoms. The fourth-order valence-electron chi connectivity index (χ4n) is 3.01. The highest BCUT2D eigenvalue weighted by Gasteiger charge is 2.20. The molecule has 27 heavy (non-hydrogen) atoms. The van der Waals surface area contributed by atoms with E-state index in [2.05, 4.69) is 12.1 Å². The maximum absolute atomic E-state index is 13.0. The Morgan fingerprint density at radius 2 is 1.78 bits per heavy atom. The number of furan rings is 1. The number of para-hydroxylation sites is 1. The summed E-state index contributed by atoms with van der Waals surface area (Å²) in [6.45, 7) is 0.612. The van der Waals surface area contributed by atoms with Crippen molar-refractivity contribution in [3.63, 3.8) is 0 Å². The van der Waals surface area contributed by atoms with Gasteiger partial charge in [-0.25, -0.2) is 4.98 Å². The number of carbonyl (C=O) groups is 1. The van der Waals surface area contributed by atoms with Crippen molar-refractivity contribution < 1.29 is 9.21 Å². The normalized spacial score (nSPS) is 11.0. The quantitative estimate of drug-likeness (QED) is 0.451. The second-order valence-corrected chi connectivity index (χ2v) is 7.33. The number of hydrogen-bond acceptors (Lipinski definition) is 4. The minimum Gasteiger partial charge on any atom is -0.469 e. The Bertz CT molecular complexity index is 976. The molecule has 0 fully saturated rings. The van der Waals surface area contributed by atoms with E-state index in [1.54, 1.807) is 17.6 Å². The summed E-state index contributed by atoms with van der Waals surface area (Å²) in [5.74, 6) is 0.900. The fourth-order valence-corrected chi connectivity index (χ4v) is 4.02. The highest BCUT2D eigenvalue weighted by Crippen LogP contribution is 2.29. The van der Waals surface area contributed by atoms with Crippen LogP contribution >= 0.6 is 11.3 Å². The second kappa shape index (κ2) is 8.18. The van der Waals surface area contributed by atoms with Crippen molar-refractivity contribution in [3.8, 4) is 0 Å². The Labute approximate surface area is 162 Å². The van der Waals surface area contributed by atoms with Crippen LogP contribution in [0.3, 0.4) is 0 Å². The fraction of sp³-hybridized carbons (Fsp3) is 0.182. The Balaban J connectivity index is 1.54. The smallest absolute Gasteiger partial charge is 0.229 e. The summed E-state index contributed by atoms with van der Waals surface area (Å²) in [7, 11) is 0. The zero-order chi connectivity index (χ0) is 18.5. The van der Waals surface area contributed by atoms with Gasteiger partial charge in [0, 0.05) is 19.4 Å². The summed E-state index contributed by atoms with van der Waals surface area (Å²) < 4.78 is 6.46. The van der Waals surface area contributed by atoms with Gasteiger partial charge in [-0.3, -0.25) is 9.69 Å². The molecule has 4 rings (SSSR count). The molecule has 0 radical (unpaired) electrons. The topological polar surface area (TPSA) is 46.3 Å². The van der Waals surface area contributed by atoms with Crippen LogP contribution in [0.25, 0.3) is 10.2 Å². The zero-order valence-electron chi connectivity index (χ0n) is 14.9. The first-order valence-electron chi connectivity index (χ1n) is 9.02. The Morgan fingerprint density at radius 3 is 2.56 bits per heavy atom. The van der Waals surface area contributed by atoms with Crippen molar-refractivity contribution >= 4 is 32.6 Å². The van der Waals surface area contributed by atoms with Gasteiger partial charge in [-0.1, -0.05) is 53.8 Å². The number of carbonyl (C=O) groups excluding carboxylic acids is 1. The minimum absolute atomic E-state index is 0.0707. The molecule has 2 heterocycles. The SMILES string of the molecule is O=C(CCc1ccco1)N(CCc1ccccc1)c1nc2ccccc2s1. The molecule has 5 heteroatoms. The molecule has 0 saturated carbocycles. The number of amides is 1. The van der Waals surface area contributed by atoms with E-state index in [0.29, 0.717) is 19.4 Å². The molecule has 0 aliphatic rings. The van der Waals surface area contributed by atoms with Crippen molar-refractivity contribution in [1.82, 2.24) is 4.98 Å². The van der Waals surface area contributed by atoms with Gasteiger partial charge in [0.05, 0.1) is 16.5 Å². The molecule has 2 aromatic heterocycles. The predicted octanol–water partition coefficient (Wildman–Crippen LogP) is 5.10. The predicted molar refractivity (Wildman–Crippen MR) is 109 cm³/mol. The van der Waals surface area contributed by atoms with Gasteiger partial charge in [-0.2, -0.15) is 0 Å². The molecule has 4 aromatic rings. The first-order chi connectivity index (χ1) is 13.3. The van der Waals surface area contributed by atoms with Gasteiger partial charge in [-0.05, 0) is 36.2 Å². The molecule has 136 valence electrons. The van der Waals surface area contributed by atoms with Crippen molar-refractivity contribution in [2.75, 3.05) is 11.4 Å². The lowest BCUT2D eigenvalue weighted by Gasteiger charge is -2.20. The second-order valence-electron chi connectivity index (χ2n) is 6.32. The molecule has 0 bridgehead atoms. The van der Waals surface area contributed by atoms with Gasteiger partial charge in [-0.15, -0.1) is 0 Å². The Morgan fingerprint density at radius 1 is 0.963 bits per heavy atom. The number of aryl methyl sites for hydroxylation is 1. The largest absolute Gasteiger partial charge is 0.469 e. The molecule has 1 amide bonds. The molecule has 0 unspecified atom stereocenters. The number of aromatic nitrogens is 1. The van der Waals surface area contributed by atoms with Gasteiger partial charge < -0.3 is 4.42 Å². The third kappa shape index (κ3) is 4.26. The number of nitrogens with zero attached hydrogens (tertiary/aromatic N) is 2. The lowest BCUT2D eigenvalue weighted by Crippen LogP contribution is -2.33. The number of fused-ring (bicyclic) bond motifs is 1. The maximum atomic E-state index is 13.0. The van der Waals surface area contributed by atoms with Crippen LogP contribution in [0.1, 0.15) is 17.7 Å². The van der Waals surface area contributed by atoms with Crippen LogP contribution in [-0.4, -0.2) is 17.4 Å². The highest BCUT2D eigenvalue weighted by molar-refractivity contribution is 7.22. The molecule has 2 aromatic carbocycles. The van der Waals surface area contributed by atoms with Crippen molar-refractivity contribution in [3.05, 3.63) is 84.3 Å². The van der Waals surface area contributed by atoms with Crippen LogP contribution in [0.5, 0.6) is 0 Å². The van der Waals surface area contributed by atoms with Gasteiger partial charge in [0.25, 0.3) is 0 Å². The van der Waals surface area contributed by atoms with E-state index >= 15 is 0 Å². The molecule has 0 N–H and O–H groups in total. The Hall–Kier alpha value is -2.92. The summed E-state index contributed by atoms with van der Waals surface area (Å²) in [6, 6.07) is 22.0. The van der Waals surface area contributed by atoms with Crippen molar-refractivity contribution in [2.45, 2.75) is 19.3 Å². The number of thiazole rings is 1. The van der Waals surface area contributed by atoms with Crippen LogP contribution in [0.15, 0.2) is 77.4 Å². The van der Waals surface area contributed by atoms with E-state index in [4.69, 9.17) is 9.40 Å². The number of rotatable bonds is 7. The van der Waals surface area contributed by atoms with Gasteiger partial charge in [0.2, 0.25) is 5.91 Å². The van der Waals surface area contributed by atoms with Crippen molar-refractivity contribution in [2.24, 2.45) is 0 Å². The average Bonchev–Trinajstić information content (AvgIpc) is 3.37. The number of benzene rings is 2. The van der Waals surface area contributed by atoms with Crippen molar-refractivity contribution in [1.29, 1.82) is 0 Å². The Kier molecular flexibility index (Phi) is 5.30. The van der Waals surface area contributed by atoms with E-state index < -0.39 is 0 Å². The van der Waals surface area contributed by atoms with E-state index in [9.17, 15) is 4.79 Å². The molecule has 0 saturated heterocycles. The lowest BCUT2D eigenvalue weighted by molar-refractivity contribution is -0.118. The standard InChI is InChI=1S/C22H20N2O2S/c25-21(13-12-18-9-6-16-26-18)24(15-14-17-7-2-1-3-8-17)22-23-19-10-4-5-11-20(19)27-22/h1-11,16H,12-15H2. The van der Waals surface area contributed by atoms with E-state index in [1.807, 2.05) is 59.5 Å². The van der Waals surface area contributed by atoms with Crippen LogP contribution in [0, 0.1) is 0 Å². The van der Waals surface area contributed by atoms with Crippen LogP contribution in [-0.2, 0) is 17.6 Å². The van der Waals surface area contributed by atoms with E-state index in [1.165, 1.54) is 5.56 Å². The van der Waals surface area contributed by atoms with E-state index in [0.717, 1.165) is 27.5 Å². The number of hydrogen-bond donors (Lipinski definition) is 0. The molecule has 0 atom stereocenters. The zero-order valence-corrected chi connectivity index (χ0v) is 15.7. The third-order valence-corrected chi connectivity index (χ3v) is 5.51. The maximum Gasteiger partial charge on any atom is 0.229 e. The first kappa shape index (κ1) is 17.5. The first-order valence-corrected chi connectivity index (χ1v) is 9.83. The molecule has 4 nitrogen and oxygen atoms in total. The van der Waals surface area contributed by atoms with Crippen LogP contribution < -0.4 is 4.90 Å². The molecular formula is C22H20N2O2S. The number of anilines is 1. The summed E-state index contributed by atoms with van der Waals surface area (Å²) in [6.07, 6.45) is 3.43. The summed E-state index contributed by atoms with van der Waals surface area (Å²) in [4.78, 5) is 19.5. The van der Waals surface area contributed by atoms with E-state index in [-0.39, 0.29) is 5.91 Å². The average molecular weight is 376 g/mol. The lowest BCUT2D eigenvalue weighted by atomic mass is 10.1. The van der Waals surface area contributed by atoms with Gasteiger partial charge >= 0.3 is 0 Å². The minimum atomic E-state index is 0.0707. The summed E-state index contributed by atoms with van der Waals surface area (Å²) in [5.41, 5.74) is 2.14. The van der Waals surface area contributed by atoms with Crippen LogP contribution in [0.2, 0.25) is 0 Å². The summed E-state index contributed by atoms with van der Waals surface area (Å²) in [5, 5.41) is 0.761. The third-order valence-electron chi connectivity index (χ3n) is 4.45.